The van der Waals surface area contributed by atoms with Crippen molar-refractivity contribution >= 4 is 18.0 Å². The molecule has 0 aromatic heterocycles. The van der Waals surface area contributed by atoms with Crippen LogP contribution < -0.4 is 5.32 Å². The molecule has 0 aliphatic rings. The van der Waals surface area contributed by atoms with E-state index in [0.717, 1.165) is 5.56 Å². The molecule has 0 bridgehead atoms. The van der Waals surface area contributed by atoms with E-state index in [9.17, 15) is 9.59 Å². The maximum absolute atomic E-state index is 11.4. The van der Waals surface area contributed by atoms with Gasteiger partial charge in [0.25, 0.3) is 0 Å². The Morgan fingerprint density at radius 1 is 1.35 bits per heavy atom. The quantitative estimate of drug-likeness (QED) is 0.760. The molecular formula is C13H15NO3. The summed E-state index contributed by atoms with van der Waals surface area (Å²) in [5, 5.41) is 11.2. The highest BCUT2D eigenvalue weighted by molar-refractivity contribution is 5.94. The van der Waals surface area contributed by atoms with Crippen molar-refractivity contribution in [2.45, 2.75) is 19.4 Å². The molecule has 4 nitrogen and oxygen atoms in total. The smallest absolute Gasteiger partial charge is 0.326 e. The SMILES string of the molecule is CC[C@@H](NC(=O)C=Cc1ccccc1)C(=O)O. The largest absolute Gasteiger partial charge is 0.480 e. The molecule has 1 aromatic carbocycles. The number of aliphatic carboxylic acids is 1. The number of carboxylic acid groups (broad SMARTS) is 1. The molecule has 0 saturated heterocycles. The summed E-state index contributed by atoms with van der Waals surface area (Å²) in [7, 11) is 0. The summed E-state index contributed by atoms with van der Waals surface area (Å²) in [5.41, 5.74) is 0.894. The summed E-state index contributed by atoms with van der Waals surface area (Å²) in [6.45, 7) is 1.71. The van der Waals surface area contributed by atoms with E-state index in [1.54, 1.807) is 13.0 Å². The zero-order chi connectivity index (χ0) is 12.7. The van der Waals surface area contributed by atoms with Gasteiger partial charge in [-0.25, -0.2) is 4.79 Å². The standard InChI is InChI=1S/C13H15NO3/c1-2-11(13(16)17)14-12(15)9-8-10-6-4-3-5-7-10/h3-9,11H,2H2,1H3,(H,14,15)(H,16,17)/t11-/m1/s1. The van der Waals surface area contributed by atoms with Crippen LogP contribution in [0.1, 0.15) is 18.9 Å². The average Bonchev–Trinajstić information content (AvgIpc) is 2.34. The number of hydrogen-bond donors (Lipinski definition) is 2. The second-order valence-electron chi connectivity index (χ2n) is 3.55. The summed E-state index contributed by atoms with van der Waals surface area (Å²) in [6.07, 6.45) is 3.34. The van der Waals surface area contributed by atoms with Gasteiger partial charge in [0.15, 0.2) is 0 Å². The maximum Gasteiger partial charge on any atom is 0.326 e. The normalized spacial score (nSPS) is 12.3. The first-order chi connectivity index (χ1) is 8.13. The van der Waals surface area contributed by atoms with Crippen LogP contribution in [0.25, 0.3) is 6.08 Å². The minimum absolute atomic E-state index is 0.361. The van der Waals surface area contributed by atoms with Gasteiger partial charge < -0.3 is 10.4 Å². The van der Waals surface area contributed by atoms with Crippen molar-refractivity contribution in [2.75, 3.05) is 0 Å². The number of hydrogen-bond acceptors (Lipinski definition) is 2. The summed E-state index contributed by atoms with van der Waals surface area (Å²) in [6, 6.07) is 8.50. The third kappa shape index (κ3) is 4.51. The lowest BCUT2D eigenvalue weighted by atomic mass is 10.2. The van der Waals surface area contributed by atoms with Crippen molar-refractivity contribution in [1.29, 1.82) is 0 Å². The molecule has 0 unspecified atom stereocenters. The molecule has 1 aromatic rings. The van der Waals surface area contributed by atoms with Gasteiger partial charge in [0.05, 0.1) is 0 Å². The average molecular weight is 233 g/mol. The van der Waals surface area contributed by atoms with E-state index in [-0.39, 0.29) is 0 Å². The molecule has 2 N–H and O–H groups in total. The van der Waals surface area contributed by atoms with Crippen LogP contribution in [-0.4, -0.2) is 23.0 Å². The van der Waals surface area contributed by atoms with Crippen LogP contribution in [-0.2, 0) is 9.59 Å². The lowest BCUT2D eigenvalue weighted by molar-refractivity contribution is -0.141. The molecule has 1 rings (SSSR count). The van der Waals surface area contributed by atoms with Gasteiger partial charge in [-0.1, -0.05) is 37.3 Å². The zero-order valence-corrected chi connectivity index (χ0v) is 9.59. The van der Waals surface area contributed by atoms with Crippen molar-refractivity contribution < 1.29 is 14.7 Å². The predicted molar refractivity (Wildman–Crippen MR) is 65.3 cm³/mol. The first-order valence-corrected chi connectivity index (χ1v) is 5.40. The van der Waals surface area contributed by atoms with E-state index in [2.05, 4.69) is 5.32 Å². The molecule has 90 valence electrons. The summed E-state index contributed by atoms with van der Waals surface area (Å²) in [5.74, 6) is -1.42. The van der Waals surface area contributed by atoms with Crippen LogP contribution in [0.2, 0.25) is 0 Å². The highest BCUT2D eigenvalue weighted by Crippen LogP contribution is 2.00. The number of benzene rings is 1. The van der Waals surface area contributed by atoms with Crippen LogP contribution in [0, 0.1) is 0 Å². The number of carboxylic acids is 1. The van der Waals surface area contributed by atoms with Crippen molar-refractivity contribution in [3.63, 3.8) is 0 Å². The van der Waals surface area contributed by atoms with Crippen LogP contribution in [0.5, 0.6) is 0 Å². The van der Waals surface area contributed by atoms with Gasteiger partial charge in [-0.3, -0.25) is 4.79 Å². The van der Waals surface area contributed by atoms with Crippen molar-refractivity contribution in [1.82, 2.24) is 5.32 Å². The third-order valence-corrected chi connectivity index (χ3v) is 2.25. The number of amides is 1. The topological polar surface area (TPSA) is 66.4 Å². The van der Waals surface area contributed by atoms with Gasteiger partial charge in [0.2, 0.25) is 5.91 Å². The Hall–Kier alpha value is -2.10. The Labute approximate surface area is 100.0 Å². The fourth-order valence-corrected chi connectivity index (χ4v) is 1.29. The molecule has 0 fully saturated rings. The van der Waals surface area contributed by atoms with Gasteiger partial charge >= 0.3 is 5.97 Å². The predicted octanol–water partition coefficient (Wildman–Crippen LogP) is 1.68. The summed E-state index contributed by atoms with van der Waals surface area (Å²) < 4.78 is 0. The summed E-state index contributed by atoms with van der Waals surface area (Å²) in [4.78, 5) is 22.1. The summed E-state index contributed by atoms with van der Waals surface area (Å²) >= 11 is 0. The van der Waals surface area contributed by atoms with E-state index in [1.807, 2.05) is 30.3 Å². The Morgan fingerprint density at radius 3 is 2.53 bits per heavy atom. The highest BCUT2D eigenvalue weighted by atomic mass is 16.4. The van der Waals surface area contributed by atoms with Crippen molar-refractivity contribution in [3.05, 3.63) is 42.0 Å². The number of carbonyl (C=O) groups is 2. The van der Waals surface area contributed by atoms with E-state index >= 15 is 0 Å². The molecule has 1 amide bonds. The van der Waals surface area contributed by atoms with E-state index in [0.29, 0.717) is 6.42 Å². The van der Waals surface area contributed by atoms with Crippen LogP contribution in [0.3, 0.4) is 0 Å². The van der Waals surface area contributed by atoms with Crippen LogP contribution in [0.4, 0.5) is 0 Å². The van der Waals surface area contributed by atoms with E-state index in [1.165, 1.54) is 6.08 Å². The molecular weight excluding hydrogens is 218 g/mol. The van der Waals surface area contributed by atoms with Crippen LogP contribution >= 0.6 is 0 Å². The van der Waals surface area contributed by atoms with Gasteiger partial charge in [-0.15, -0.1) is 0 Å². The van der Waals surface area contributed by atoms with Gasteiger partial charge in [-0.05, 0) is 18.1 Å². The lowest BCUT2D eigenvalue weighted by Crippen LogP contribution is -2.39. The molecule has 0 spiro atoms. The first-order valence-electron chi connectivity index (χ1n) is 5.40. The van der Waals surface area contributed by atoms with E-state index in [4.69, 9.17) is 5.11 Å². The monoisotopic (exact) mass is 233 g/mol. The molecule has 0 aliphatic carbocycles. The Morgan fingerprint density at radius 2 is 2.00 bits per heavy atom. The molecule has 0 saturated carbocycles. The third-order valence-electron chi connectivity index (χ3n) is 2.25. The molecule has 0 radical (unpaired) electrons. The van der Waals surface area contributed by atoms with Crippen molar-refractivity contribution in [3.8, 4) is 0 Å². The lowest BCUT2D eigenvalue weighted by Gasteiger charge is -2.09. The maximum atomic E-state index is 11.4. The number of rotatable bonds is 5. The molecule has 0 aliphatic heterocycles. The first kappa shape index (κ1) is 13.0. The molecule has 0 heterocycles. The Kier molecular flexibility index (Phi) is 4.94. The fraction of sp³-hybridized carbons (Fsp3) is 0.231. The zero-order valence-electron chi connectivity index (χ0n) is 9.59. The van der Waals surface area contributed by atoms with Crippen molar-refractivity contribution in [2.24, 2.45) is 0 Å². The minimum atomic E-state index is -1.02. The molecule has 17 heavy (non-hydrogen) atoms. The van der Waals surface area contributed by atoms with Crippen LogP contribution in [0.15, 0.2) is 36.4 Å². The minimum Gasteiger partial charge on any atom is -0.480 e. The van der Waals surface area contributed by atoms with Gasteiger partial charge in [-0.2, -0.15) is 0 Å². The molecule has 1 atom stereocenters. The Bertz CT molecular complexity index is 412. The number of nitrogens with one attached hydrogen (secondary N) is 1. The molecule has 4 heteroatoms. The number of carbonyl (C=O) groups excluding carboxylic acids is 1. The second-order valence-corrected chi connectivity index (χ2v) is 3.55. The highest BCUT2D eigenvalue weighted by Gasteiger charge is 2.15. The van der Waals surface area contributed by atoms with Gasteiger partial charge in [0.1, 0.15) is 6.04 Å². The second kappa shape index (κ2) is 6.48. The Balaban J connectivity index is 2.55. The fourth-order valence-electron chi connectivity index (χ4n) is 1.29. The van der Waals surface area contributed by atoms with E-state index < -0.39 is 17.9 Å². The van der Waals surface area contributed by atoms with Gasteiger partial charge in [0, 0.05) is 6.08 Å².